The van der Waals surface area contributed by atoms with Crippen LogP contribution in [0.2, 0.25) is 0 Å². The Morgan fingerprint density at radius 3 is 2.88 bits per heavy atom. The lowest BCUT2D eigenvalue weighted by atomic mass is 10.2. The molecule has 8 heteroatoms. The van der Waals surface area contributed by atoms with Crippen molar-refractivity contribution in [3.63, 3.8) is 0 Å². The van der Waals surface area contributed by atoms with E-state index in [0.29, 0.717) is 43.4 Å². The van der Waals surface area contributed by atoms with Crippen LogP contribution in [-0.2, 0) is 4.74 Å². The number of aromatic nitrogens is 4. The van der Waals surface area contributed by atoms with Crippen molar-refractivity contribution in [1.82, 2.24) is 19.6 Å². The SMILES string of the molecule is Cc1cccc(/C=N/n2cnc3c(O)nc(N4CCOCC4)nc32)c1. The Morgan fingerprint density at radius 2 is 2.08 bits per heavy atom. The number of morpholine rings is 1. The van der Waals surface area contributed by atoms with Crippen LogP contribution in [-0.4, -0.2) is 57.3 Å². The fraction of sp³-hybridized carbons (Fsp3) is 0.294. The van der Waals surface area contributed by atoms with Gasteiger partial charge in [0, 0.05) is 13.1 Å². The highest BCUT2D eigenvalue weighted by Crippen LogP contribution is 2.23. The molecule has 0 saturated carbocycles. The molecule has 0 atom stereocenters. The first-order chi connectivity index (χ1) is 12.2. The molecule has 0 radical (unpaired) electrons. The average molecular weight is 338 g/mol. The number of fused-ring (bicyclic) bond motifs is 1. The van der Waals surface area contributed by atoms with Crippen molar-refractivity contribution in [3.05, 3.63) is 41.7 Å². The van der Waals surface area contributed by atoms with Crippen LogP contribution in [0.1, 0.15) is 11.1 Å². The molecule has 1 fully saturated rings. The molecular weight excluding hydrogens is 320 g/mol. The highest BCUT2D eigenvalue weighted by Gasteiger charge is 2.18. The molecule has 1 saturated heterocycles. The lowest BCUT2D eigenvalue weighted by molar-refractivity contribution is 0.122. The number of imidazole rings is 1. The molecule has 0 amide bonds. The van der Waals surface area contributed by atoms with Crippen LogP contribution in [0, 0.1) is 6.92 Å². The van der Waals surface area contributed by atoms with Gasteiger partial charge in [-0.3, -0.25) is 0 Å². The zero-order chi connectivity index (χ0) is 17.2. The van der Waals surface area contributed by atoms with Gasteiger partial charge >= 0.3 is 0 Å². The van der Waals surface area contributed by atoms with Crippen LogP contribution in [0.4, 0.5) is 5.95 Å². The predicted octanol–water partition coefficient (Wildman–Crippen LogP) is 1.56. The summed E-state index contributed by atoms with van der Waals surface area (Å²) in [4.78, 5) is 14.8. The zero-order valence-corrected chi connectivity index (χ0v) is 13.8. The van der Waals surface area contributed by atoms with Gasteiger partial charge in [0.25, 0.3) is 0 Å². The van der Waals surface area contributed by atoms with E-state index in [1.807, 2.05) is 36.1 Å². The van der Waals surface area contributed by atoms with Crippen molar-refractivity contribution in [2.45, 2.75) is 6.92 Å². The summed E-state index contributed by atoms with van der Waals surface area (Å²) in [5.74, 6) is 0.316. The number of aromatic hydroxyl groups is 1. The van der Waals surface area contributed by atoms with E-state index in [1.165, 1.54) is 6.33 Å². The van der Waals surface area contributed by atoms with Crippen LogP contribution in [0.5, 0.6) is 5.88 Å². The van der Waals surface area contributed by atoms with Crippen LogP contribution < -0.4 is 4.90 Å². The molecule has 2 aromatic heterocycles. The number of aryl methyl sites for hydroxylation is 1. The van der Waals surface area contributed by atoms with E-state index >= 15 is 0 Å². The Morgan fingerprint density at radius 1 is 1.24 bits per heavy atom. The van der Waals surface area contributed by atoms with Gasteiger partial charge in [-0.05, 0) is 12.5 Å². The molecule has 0 aliphatic carbocycles. The van der Waals surface area contributed by atoms with E-state index < -0.39 is 0 Å². The van der Waals surface area contributed by atoms with Crippen LogP contribution in [0.15, 0.2) is 35.7 Å². The van der Waals surface area contributed by atoms with Gasteiger partial charge in [0.2, 0.25) is 11.8 Å². The zero-order valence-electron chi connectivity index (χ0n) is 13.8. The summed E-state index contributed by atoms with van der Waals surface area (Å²) in [5, 5.41) is 14.6. The van der Waals surface area contributed by atoms with Gasteiger partial charge in [-0.15, -0.1) is 0 Å². The van der Waals surface area contributed by atoms with E-state index in [2.05, 4.69) is 20.1 Å². The monoisotopic (exact) mass is 338 g/mol. The van der Waals surface area contributed by atoms with Crippen LogP contribution >= 0.6 is 0 Å². The molecule has 0 unspecified atom stereocenters. The van der Waals surface area contributed by atoms with Crippen molar-refractivity contribution in [1.29, 1.82) is 0 Å². The number of anilines is 1. The smallest absolute Gasteiger partial charge is 0.244 e. The minimum Gasteiger partial charge on any atom is -0.492 e. The molecule has 8 nitrogen and oxygen atoms in total. The summed E-state index contributed by atoms with van der Waals surface area (Å²) in [5.41, 5.74) is 2.94. The summed E-state index contributed by atoms with van der Waals surface area (Å²) >= 11 is 0. The summed E-state index contributed by atoms with van der Waals surface area (Å²) in [6.45, 7) is 4.64. The Balaban J connectivity index is 1.70. The minimum atomic E-state index is -0.143. The van der Waals surface area contributed by atoms with Gasteiger partial charge < -0.3 is 14.7 Å². The average Bonchev–Trinajstić information content (AvgIpc) is 3.04. The minimum absolute atomic E-state index is 0.143. The van der Waals surface area contributed by atoms with E-state index in [0.717, 1.165) is 11.1 Å². The number of rotatable bonds is 3. The number of ether oxygens (including phenoxy) is 1. The molecular formula is C17H18N6O2. The number of nitrogens with zero attached hydrogens (tertiary/aromatic N) is 6. The molecule has 0 bridgehead atoms. The second kappa shape index (κ2) is 6.48. The van der Waals surface area contributed by atoms with Crippen LogP contribution in [0.3, 0.4) is 0 Å². The summed E-state index contributed by atoms with van der Waals surface area (Å²) in [7, 11) is 0. The predicted molar refractivity (Wildman–Crippen MR) is 94.2 cm³/mol. The van der Waals surface area contributed by atoms with Gasteiger partial charge in [0.05, 0.1) is 19.4 Å². The topological polar surface area (TPSA) is 88.7 Å². The van der Waals surface area contributed by atoms with Gasteiger partial charge in [-0.25, -0.2) is 9.66 Å². The fourth-order valence-corrected chi connectivity index (χ4v) is 2.73. The fourth-order valence-electron chi connectivity index (χ4n) is 2.73. The molecule has 3 heterocycles. The third kappa shape index (κ3) is 3.16. The Kier molecular flexibility index (Phi) is 4.02. The molecule has 4 rings (SSSR count). The largest absolute Gasteiger partial charge is 0.492 e. The van der Waals surface area contributed by atoms with Crippen molar-refractivity contribution < 1.29 is 9.84 Å². The van der Waals surface area contributed by atoms with E-state index in [-0.39, 0.29) is 5.88 Å². The third-order valence-corrected chi connectivity index (χ3v) is 4.02. The van der Waals surface area contributed by atoms with Crippen molar-refractivity contribution >= 4 is 23.3 Å². The maximum atomic E-state index is 10.2. The molecule has 128 valence electrons. The molecule has 25 heavy (non-hydrogen) atoms. The Labute approximate surface area is 144 Å². The summed E-state index contributed by atoms with van der Waals surface area (Å²) < 4.78 is 6.89. The summed E-state index contributed by atoms with van der Waals surface area (Å²) in [6, 6.07) is 8.02. The van der Waals surface area contributed by atoms with E-state index in [4.69, 9.17) is 4.74 Å². The Bertz CT molecular complexity index is 930. The van der Waals surface area contributed by atoms with Gasteiger partial charge in [-0.1, -0.05) is 29.8 Å². The first-order valence-corrected chi connectivity index (χ1v) is 8.08. The van der Waals surface area contributed by atoms with Gasteiger partial charge in [-0.2, -0.15) is 15.1 Å². The second-order valence-corrected chi connectivity index (χ2v) is 5.87. The van der Waals surface area contributed by atoms with Crippen molar-refractivity contribution in [2.24, 2.45) is 5.10 Å². The lowest BCUT2D eigenvalue weighted by Gasteiger charge is -2.26. The molecule has 1 aliphatic rings. The number of hydrogen-bond acceptors (Lipinski definition) is 7. The maximum Gasteiger partial charge on any atom is 0.244 e. The second-order valence-electron chi connectivity index (χ2n) is 5.87. The third-order valence-electron chi connectivity index (χ3n) is 4.02. The quantitative estimate of drug-likeness (QED) is 0.729. The van der Waals surface area contributed by atoms with E-state index in [1.54, 1.807) is 10.9 Å². The lowest BCUT2D eigenvalue weighted by Crippen LogP contribution is -2.37. The van der Waals surface area contributed by atoms with Crippen molar-refractivity contribution in [2.75, 3.05) is 31.2 Å². The van der Waals surface area contributed by atoms with E-state index in [9.17, 15) is 5.11 Å². The normalized spacial score (nSPS) is 15.3. The highest BCUT2D eigenvalue weighted by molar-refractivity contribution is 5.81. The highest BCUT2D eigenvalue weighted by atomic mass is 16.5. The number of hydrogen-bond donors (Lipinski definition) is 1. The molecule has 1 aliphatic heterocycles. The molecule has 3 aromatic rings. The maximum absolute atomic E-state index is 10.2. The van der Waals surface area contributed by atoms with Gasteiger partial charge in [0.15, 0.2) is 11.2 Å². The number of benzene rings is 1. The first kappa shape index (κ1) is 15.5. The Hall–Kier alpha value is -3.00. The molecule has 1 aromatic carbocycles. The van der Waals surface area contributed by atoms with Crippen molar-refractivity contribution in [3.8, 4) is 5.88 Å². The first-order valence-electron chi connectivity index (χ1n) is 8.08. The summed E-state index contributed by atoms with van der Waals surface area (Å²) in [6.07, 6.45) is 3.26. The van der Waals surface area contributed by atoms with Crippen LogP contribution in [0.25, 0.3) is 11.2 Å². The molecule has 1 N–H and O–H groups in total. The standard InChI is InChI=1S/C17H18N6O2/c1-12-3-2-4-13(9-12)10-19-23-11-18-14-15(23)20-17(21-16(14)24)22-5-7-25-8-6-22/h2-4,9-11H,5-8H2,1H3,(H,20,21,24)/b19-10+. The van der Waals surface area contributed by atoms with Gasteiger partial charge in [0.1, 0.15) is 6.33 Å². The molecule has 0 spiro atoms.